The van der Waals surface area contributed by atoms with Crippen LogP contribution in [0, 0.1) is 5.82 Å². The predicted molar refractivity (Wildman–Crippen MR) is 75.5 cm³/mol. The van der Waals surface area contributed by atoms with Gasteiger partial charge in [0.15, 0.2) is 0 Å². The van der Waals surface area contributed by atoms with Gasteiger partial charge in [-0.15, -0.1) is 11.3 Å². The minimum Gasteiger partial charge on any atom is -0.477 e. The fourth-order valence-corrected chi connectivity index (χ4v) is 3.19. The lowest BCUT2D eigenvalue weighted by molar-refractivity contribution is 0.0703. The van der Waals surface area contributed by atoms with Crippen LogP contribution in [0.1, 0.15) is 22.2 Å². The van der Waals surface area contributed by atoms with Crippen LogP contribution in [-0.4, -0.2) is 11.1 Å². The summed E-state index contributed by atoms with van der Waals surface area (Å²) in [6.45, 7) is 1.89. The number of nitrogen functional groups attached to an aromatic ring is 1. The monoisotopic (exact) mass is 299 g/mol. The number of halogens is 2. The summed E-state index contributed by atoms with van der Waals surface area (Å²) in [7, 11) is 0. The molecular weight excluding hydrogens is 289 g/mol. The number of hydrogen-bond donors (Lipinski definition) is 2. The van der Waals surface area contributed by atoms with Crippen LogP contribution in [0.5, 0.6) is 0 Å². The molecular formula is C13H11ClFNO2S. The number of benzene rings is 1. The Morgan fingerprint density at radius 3 is 2.74 bits per heavy atom. The van der Waals surface area contributed by atoms with Crippen LogP contribution in [0.2, 0.25) is 5.02 Å². The van der Waals surface area contributed by atoms with Crippen molar-refractivity contribution in [2.45, 2.75) is 13.3 Å². The zero-order chi connectivity index (χ0) is 14.2. The van der Waals surface area contributed by atoms with Gasteiger partial charge in [0.25, 0.3) is 0 Å². The molecule has 0 aliphatic heterocycles. The van der Waals surface area contributed by atoms with Crippen molar-refractivity contribution in [3.63, 3.8) is 0 Å². The maximum Gasteiger partial charge on any atom is 0.348 e. The summed E-state index contributed by atoms with van der Waals surface area (Å²) < 4.78 is 13.2. The molecule has 0 amide bonds. The summed E-state index contributed by atoms with van der Waals surface area (Å²) in [5, 5.41) is 9.09. The van der Waals surface area contributed by atoms with E-state index in [-0.39, 0.29) is 15.6 Å². The summed E-state index contributed by atoms with van der Waals surface area (Å²) in [4.78, 5) is 11.9. The van der Waals surface area contributed by atoms with Crippen molar-refractivity contribution in [3.05, 3.63) is 39.5 Å². The summed E-state index contributed by atoms with van der Waals surface area (Å²) >= 11 is 6.83. The molecule has 1 aromatic heterocycles. The van der Waals surface area contributed by atoms with Crippen molar-refractivity contribution in [2.75, 3.05) is 5.73 Å². The van der Waals surface area contributed by atoms with E-state index in [2.05, 4.69) is 0 Å². The lowest BCUT2D eigenvalue weighted by atomic mass is 10.1. The van der Waals surface area contributed by atoms with Crippen LogP contribution in [-0.2, 0) is 6.42 Å². The van der Waals surface area contributed by atoms with E-state index < -0.39 is 11.8 Å². The van der Waals surface area contributed by atoms with Crippen molar-refractivity contribution in [1.29, 1.82) is 0 Å². The number of carboxylic acids is 1. The third-order valence-electron chi connectivity index (χ3n) is 2.78. The highest BCUT2D eigenvalue weighted by Crippen LogP contribution is 2.39. The average Bonchev–Trinajstić information content (AvgIpc) is 2.70. The highest BCUT2D eigenvalue weighted by atomic mass is 35.5. The maximum atomic E-state index is 13.2. The van der Waals surface area contributed by atoms with Crippen LogP contribution in [0.4, 0.5) is 10.1 Å². The highest BCUT2D eigenvalue weighted by Gasteiger charge is 2.20. The van der Waals surface area contributed by atoms with Gasteiger partial charge >= 0.3 is 5.97 Å². The lowest BCUT2D eigenvalue weighted by Gasteiger charge is -2.03. The first-order chi connectivity index (χ1) is 8.95. The SMILES string of the molecule is CCc1c(-c2ccc(F)c(Cl)c2)sc(C(=O)O)c1N. The van der Waals surface area contributed by atoms with Crippen molar-refractivity contribution < 1.29 is 14.3 Å². The molecule has 3 N–H and O–H groups in total. The smallest absolute Gasteiger partial charge is 0.348 e. The Hall–Kier alpha value is -1.59. The average molecular weight is 300 g/mol. The Kier molecular flexibility index (Phi) is 3.78. The Bertz CT molecular complexity index is 654. The summed E-state index contributed by atoms with van der Waals surface area (Å²) in [5.41, 5.74) is 7.55. The molecule has 2 aromatic rings. The van der Waals surface area contributed by atoms with Crippen LogP contribution in [0.3, 0.4) is 0 Å². The number of carboxylic acid groups (broad SMARTS) is 1. The van der Waals surface area contributed by atoms with Gasteiger partial charge in [-0.25, -0.2) is 9.18 Å². The Labute approximate surface area is 118 Å². The third kappa shape index (κ3) is 2.43. The van der Waals surface area contributed by atoms with Crippen LogP contribution < -0.4 is 5.73 Å². The molecule has 2 rings (SSSR count). The second kappa shape index (κ2) is 5.19. The minimum atomic E-state index is -1.06. The zero-order valence-corrected chi connectivity index (χ0v) is 11.6. The molecule has 0 saturated carbocycles. The van der Waals surface area contributed by atoms with Gasteiger partial charge in [0.1, 0.15) is 10.7 Å². The van der Waals surface area contributed by atoms with E-state index >= 15 is 0 Å². The number of rotatable bonds is 3. The maximum absolute atomic E-state index is 13.2. The number of carbonyl (C=O) groups is 1. The fourth-order valence-electron chi connectivity index (χ4n) is 1.86. The number of anilines is 1. The molecule has 0 atom stereocenters. The van der Waals surface area contributed by atoms with Gasteiger partial charge in [-0.3, -0.25) is 0 Å². The first kappa shape index (κ1) is 13.8. The molecule has 0 unspecified atom stereocenters. The molecule has 3 nitrogen and oxygen atoms in total. The quantitative estimate of drug-likeness (QED) is 0.898. The second-order valence-electron chi connectivity index (χ2n) is 3.94. The fraction of sp³-hybridized carbons (Fsp3) is 0.154. The van der Waals surface area contributed by atoms with E-state index in [4.69, 9.17) is 22.4 Å². The first-order valence-corrected chi connectivity index (χ1v) is 6.75. The van der Waals surface area contributed by atoms with Gasteiger partial charge in [0, 0.05) is 4.88 Å². The van der Waals surface area contributed by atoms with Crippen molar-refractivity contribution >= 4 is 34.6 Å². The molecule has 0 saturated heterocycles. The van der Waals surface area contributed by atoms with E-state index in [0.717, 1.165) is 21.8 Å². The standard InChI is InChI=1S/C13H11ClFNO2S/c1-2-7-10(16)12(13(17)18)19-11(7)6-3-4-9(15)8(14)5-6/h3-5H,2,16H2,1H3,(H,17,18). The Balaban J connectivity index is 2.64. The number of hydrogen-bond acceptors (Lipinski definition) is 3. The van der Waals surface area contributed by atoms with E-state index in [0.29, 0.717) is 12.0 Å². The molecule has 0 bridgehead atoms. The van der Waals surface area contributed by atoms with Gasteiger partial charge in [-0.1, -0.05) is 24.6 Å². The Morgan fingerprint density at radius 1 is 1.53 bits per heavy atom. The Morgan fingerprint density at radius 2 is 2.21 bits per heavy atom. The van der Waals surface area contributed by atoms with Crippen molar-refractivity contribution in [2.24, 2.45) is 0 Å². The predicted octanol–water partition coefficient (Wildman–Crippen LogP) is 4.05. The summed E-state index contributed by atoms with van der Waals surface area (Å²) in [6.07, 6.45) is 0.597. The highest BCUT2D eigenvalue weighted by molar-refractivity contribution is 7.18. The van der Waals surface area contributed by atoms with E-state index in [9.17, 15) is 9.18 Å². The molecule has 6 heteroatoms. The normalized spacial score (nSPS) is 10.7. The van der Waals surface area contributed by atoms with Gasteiger partial charge in [-0.2, -0.15) is 0 Å². The molecule has 0 aliphatic rings. The van der Waals surface area contributed by atoms with Crippen LogP contribution in [0.15, 0.2) is 18.2 Å². The molecule has 1 heterocycles. The topological polar surface area (TPSA) is 63.3 Å². The van der Waals surface area contributed by atoms with Crippen molar-refractivity contribution in [3.8, 4) is 10.4 Å². The lowest BCUT2D eigenvalue weighted by Crippen LogP contribution is -1.99. The molecule has 100 valence electrons. The molecule has 0 spiro atoms. The van der Waals surface area contributed by atoms with Crippen LogP contribution >= 0.6 is 22.9 Å². The van der Waals surface area contributed by atoms with Crippen molar-refractivity contribution in [1.82, 2.24) is 0 Å². The van der Waals surface area contributed by atoms with Gasteiger partial charge in [0.05, 0.1) is 10.7 Å². The van der Waals surface area contributed by atoms with E-state index in [1.807, 2.05) is 6.92 Å². The third-order valence-corrected chi connectivity index (χ3v) is 4.35. The molecule has 0 radical (unpaired) electrons. The van der Waals surface area contributed by atoms with Gasteiger partial charge in [-0.05, 0) is 29.7 Å². The number of aromatic carboxylic acids is 1. The molecule has 0 fully saturated rings. The number of nitrogens with two attached hydrogens (primary N) is 1. The van der Waals surface area contributed by atoms with E-state index in [1.165, 1.54) is 12.1 Å². The summed E-state index contributed by atoms with van der Waals surface area (Å²) in [6, 6.07) is 4.30. The molecule has 0 aliphatic carbocycles. The zero-order valence-electron chi connectivity index (χ0n) is 10.0. The second-order valence-corrected chi connectivity index (χ2v) is 5.37. The number of thiophene rings is 1. The molecule has 1 aromatic carbocycles. The minimum absolute atomic E-state index is 0.00315. The largest absolute Gasteiger partial charge is 0.477 e. The summed E-state index contributed by atoms with van der Waals surface area (Å²) in [5.74, 6) is -1.57. The van der Waals surface area contributed by atoms with E-state index in [1.54, 1.807) is 6.07 Å². The van der Waals surface area contributed by atoms with Gasteiger partial charge < -0.3 is 10.8 Å². The first-order valence-electron chi connectivity index (χ1n) is 5.55. The van der Waals surface area contributed by atoms with Gasteiger partial charge in [0.2, 0.25) is 0 Å². The molecule has 19 heavy (non-hydrogen) atoms. The van der Waals surface area contributed by atoms with Crippen LogP contribution in [0.25, 0.3) is 10.4 Å².